The molecule has 0 spiro atoms. The minimum Gasteiger partial charge on any atom is -0.481 e. The Morgan fingerprint density at radius 1 is 1.11 bits per heavy atom. The van der Waals surface area contributed by atoms with Gasteiger partial charge >= 0.3 is 11.9 Å². The van der Waals surface area contributed by atoms with Crippen molar-refractivity contribution < 1.29 is 19.4 Å². The first-order valence-electron chi connectivity index (χ1n) is 6.94. The number of hydrogen-bond donors (Lipinski definition) is 1. The third-order valence-corrected chi connectivity index (χ3v) is 2.96. The molecule has 0 aliphatic carbocycles. The van der Waals surface area contributed by atoms with Crippen LogP contribution < -0.4 is 0 Å². The van der Waals surface area contributed by atoms with E-state index in [2.05, 4.69) is 6.58 Å². The lowest BCUT2D eigenvalue weighted by molar-refractivity contribution is -0.150. The Hall–Kier alpha value is -1.32. The molecule has 0 aliphatic rings. The quantitative estimate of drug-likeness (QED) is 0.353. The predicted molar refractivity (Wildman–Crippen MR) is 74.9 cm³/mol. The molecule has 0 amide bonds. The Morgan fingerprint density at radius 3 is 2.16 bits per heavy atom. The van der Waals surface area contributed by atoms with Crippen LogP contribution in [0, 0.1) is 0 Å². The number of rotatable bonds is 11. The first-order valence-corrected chi connectivity index (χ1v) is 6.94. The molecule has 0 aromatic carbocycles. The number of carboxylic acid groups (broad SMARTS) is 1. The van der Waals surface area contributed by atoms with Gasteiger partial charge in [0.1, 0.15) is 5.60 Å². The second-order valence-electron chi connectivity index (χ2n) is 5.40. The van der Waals surface area contributed by atoms with Crippen molar-refractivity contribution >= 4 is 11.9 Å². The Labute approximate surface area is 115 Å². The van der Waals surface area contributed by atoms with E-state index in [1.54, 1.807) is 0 Å². The fourth-order valence-corrected chi connectivity index (χ4v) is 1.90. The van der Waals surface area contributed by atoms with E-state index in [4.69, 9.17) is 9.84 Å². The summed E-state index contributed by atoms with van der Waals surface area (Å²) in [5.74, 6) is -1.09. The highest BCUT2D eigenvalue weighted by Gasteiger charge is 2.20. The first-order chi connectivity index (χ1) is 8.87. The van der Waals surface area contributed by atoms with Crippen molar-refractivity contribution in [2.75, 3.05) is 0 Å². The number of ether oxygens (including phenoxy) is 1. The van der Waals surface area contributed by atoms with E-state index < -0.39 is 11.6 Å². The van der Waals surface area contributed by atoms with E-state index >= 15 is 0 Å². The molecule has 0 saturated carbocycles. The van der Waals surface area contributed by atoms with Crippen LogP contribution >= 0.6 is 0 Å². The van der Waals surface area contributed by atoms with Gasteiger partial charge in [-0.2, -0.15) is 0 Å². The third kappa shape index (κ3) is 11.5. The largest absolute Gasteiger partial charge is 0.481 e. The maximum Gasteiger partial charge on any atom is 0.330 e. The van der Waals surface area contributed by atoms with Crippen LogP contribution in [0.4, 0.5) is 0 Å². The molecule has 0 aliphatic heterocycles. The number of carboxylic acids is 1. The van der Waals surface area contributed by atoms with Gasteiger partial charge in [0, 0.05) is 12.5 Å². The summed E-state index contributed by atoms with van der Waals surface area (Å²) in [5.41, 5.74) is -0.436. The predicted octanol–water partition coefficient (Wildman–Crippen LogP) is 3.70. The lowest BCUT2D eigenvalue weighted by Crippen LogP contribution is -2.27. The molecule has 0 atom stereocenters. The van der Waals surface area contributed by atoms with Crippen molar-refractivity contribution in [3.05, 3.63) is 12.7 Å². The molecule has 0 aromatic rings. The van der Waals surface area contributed by atoms with Crippen LogP contribution in [-0.2, 0) is 14.3 Å². The zero-order chi connectivity index (χ0) is 14.7. The molecular weight excluding hydrogens is 244 g/mol. The van der Waals surface area contributed by atoms with Gasteiger partial charge in [-0.25, -0.2) is 4.79 Å². The summed E-state index contributed by atoms with van der Waals surface area (Å²) in [5, 5.41) is 8.49. The Bertz CT molecular complexity index is 295. The molecule has 0 unspecified atom stereocenters. The summed E-state index contributed by atoms with van der Waals surface area (Å²) in [7, 11) is 0. The summed E-state index contributed by atoms with van der Waals surface area (Å²) >= 11 is 0. The fraction of sp³-hybridized carbons (Fsp3) is 0.733. The van der Waals surface area contributed by atoms with Gasteiger partial charge in [0.05, 0.1) is 0 Å². The van der Waals surface area contributed by atoms with Crippen molar-refractivity contribution in [1.29, 1.82) is 0 Å². The molecule has 4 nitrogen and oxygen atoms in total. The molecule has 0 aromatic heterocycles. The molecule has 1 N–H and O–H groups in total. The molecule has 0 radical (unpaired) electrons. The molecule has 0 heterocycles. The van der Waals surface area contributed by atoms with Gasteiger partial charge < -0.3 is 9.84 Å². The summed E-state index contributed by atoms with van der Waals surface area (Å²) < 4.78 is 5.24. The highest BCUT2D eigenvalue weighted by molar-refractivity contribution is 5.81. The SMILES string of the molecule is C=CC(=O)OC(C)(C)CCCCCCCCC(=O)O. The third-order valence-electron chi connectivity index (χ3n) is 2.96. The van der Waals surface area contributed by atoms with Crippen molar-refractivity contribution in [2.24, 2.45) is 0 Å². The first kappa shape index (κ1) is 17.7. The number of aliphatic carboxylic acids is 1. The van der Waals surface area contributed by atoms with Gasteiger partial charge in [-0.15, -0.1) is 0 Å². The van der Waals surface area contributed by atoms with E-state index in [-0.39, 0.29) is 12.4 Å². The second-order valence-corrected chi connectivity index (χ2v) is 5.40. The Balaban J connectivity index is 3.50. The number of carbonyl (C=O) groups excluding carboxylic acids is 1. The second kappa shape index (κ2) is 9.59. The van der Waals surface area contributed by atoms with Crippen molar-refractivity contribution in [3.8, 4) is 0 Å². The van der Waals surface area contributed by atoms with Crippen LogP contribution in [0.3, 0.4) is 0 Å². The monoisotopic (exact) mass is 270 g/mol. The zero-order valence-electron chi connectivity index (χ0n) is 12.1. The number of esters is 1. The maximum atomic E-state index is 11.1. The highest BCUT2D eigenvalue weighted by atomic mass is 16.6. The minimum absolute atomic E-state index is 0.268. The van der Waals surface area contributed by atoms with Gasteiger partial charge in [-0.1, -0.05) is 32.3 Å². The standard InChI is InChI=1S/C15H26O4/c1-4-14(18)19-15(2,3)12-10-8-6-5-7-9-11-13(16)17/h4H,1,5-12H2,2-3H3,(H,16,17). The molecule has 0 bridgehead atoms. The van der Waals surface area contributed by atoms with Crippen LogP contribution in [-0.4, -0.2) is 22.6 Å². The summed E-state index contributed by atoms with van der Waals surface area (Å²) in [6, 6.07) is 0. The van der Waals surface area contributed by atoms with E-state index in [1.807, 2.05) is 13.8 Å². The summed E-state index contributed by atoms with van der Waals surface area (Å²) in [4.78, 5) is 21.4. The molecule has 4 heteroatoms. The van der Waals surface area contributed by atoms with Gasteiger partial charge in [-0.3, -0.25) is 4.79 Å². The molecule has 0 fully saturated rings. The number of unbranched alkanes of at least 4 members (excludes halogenated alkanes) is 5. The van der Waals surface area contributed by atoms with Gasteiger partial charge in [0.25, 0.3) is 0 Å². The summed E-state index contributed by atoms with van der Waals surface area (Å²) in [6.07, 6.45) is 8.29. The van der Waals surface area contributed by atoms with Gasteiger partial charge in [-0.05, 0) is 33.1 Å². The van der Waals surface area contributed by atoms with Crippen molar-refractivity contribution in [3.63, 3.8) is 0 Å². The highest BCUT2D eigenvalue weighted by Crippen LogP contribution is 2.19. The van der Waals surface area contributed by atoms with Gasteiger partial charge in [0.15, 0.2) is 0 Å². The lowest BCUT2D eigenvalue weighted by atomic mass is 9.99. The molecule has 19 heavy (non-hydrogen) atoms. The fourth-order valence-electron chi connectivity index (χ4n) is 1.90. The summed E-state index contributed by atoms with van der Waals surface area (Å²) in [6.45, 7) is 7.19. The Kier molecular flexibility index (Phi) is 8.92. The van der Waals surface area contributed by atoms with Crippen LogP contribution in [0.1, 0.15) is 65.2 Å². The molecular formula is C15H26O4. The molecule has 110 valence electrons. The van der Waals surface area contributed by atoms with Crippen LogP contribution in [0.15, 0.2) is 12.7 Å². The lowest BCUT2D eigenvalue weighted by Gasteiger charge is -2.24. The van der Waals surface area contributed by atoms with E-state index in [0.717, 1.165) is 44.9 Å². The molecule has 0 saturated heterocycles. The van der Waals surface area contributed by atoms with Crippen molar-refractivity contribution in [1.82, 2.24) is 0 Å². The maximum absolute atomic E-state index is 11.1. The Morgan fingerprint density at radius 2 is 1.63 bits per heavy atom. The van der Waals surface area contributed by atoms with E-state index in [0.29, 0.717) is 0 Å². The number of hydrogen-bond acceptors (Lipinski definition) is 3. The van der Waals surface area contributed by atoms with Gasteiger partial charge in [0.2, 0.25) is 0 Å². The molecule has 0 rings (SSSR count). The normalized spacial score (nSPS) is 11.1. The topological polar surface area (TPSA) is 63.6 Å². The van der Waals surface area contributed by atoms with E-state index in [9.17, 15) is 9.59 Å². The smallest absolute Gasteiger partial charge is 0.330 e. The van der Waals surface area contributed by atoms with Crippen molar-refractivity contribution in [2.45, 2.75) is 70.8 Å². The van der Waals surface area contributed by atoms with Crippen LogP contribution in [0.5, 0.6) is 0 Å². The van der Waals surface area contributed by atoms with Crippen LogP contribution in [0.25, 0.3) is 0 Å². The minimum atomic E-state index is -0.717. The zero-order valence-corrected chi connectivity index (χ0v) is 12.1. The average Bonchev–Trinajstić information content (AvgIpc) is 2.31. The van der Waals surface area contributed by atoms with Crippen LogP contribution in [0.2, 0.25) is 0 Å². The van der Waals surface area contributed by atoms with E-state index in [1.165, 1.54) is 6.08 Å². The average molecular weight is 270 g/mol. The number of carbonyl (C=O) groups is 2.